The highest BCUT2D eigenvalue weighted by Crippen LogP contribution is 2.28. The van der Waals surface area contributed by atoms with Gasteiger partial charge in [-0.3, -0.25) is 9.48 Å². The Kier molecular flexibility index (Phi) is 4.00. The van der Waals surface area contributed by atoms with Crippen molar-refractivity contribution >= 4 is 33.3 Å². The lowest BCUT2D eigenvalue weighted by Crippen LogP contribution is -2.16. The second-order valence-corrected chi connectivity index (χ2v) is 6.71. The van der Waals surface area contributed by atoms with Crippen molar-refractivity contribution < 1.29 is 9.18 Å². The fraction of sp³-hybridized carbons (Fsp3) is 0.176. The third kappa shape index (κ3) is 2.97. The summed E-state index contributed by atoms with van der Waals surface area (Å²) in [6.45, 7) is 4.46. The standard InChI is InChI=1S/C17H15FN6OS/c1-3-23-7-6-13(22-23)16(25)20-15-8-10(2)21-24(15)17-19-12-5-4-11(18)9-14(12)26-17/h4-9H,3H2,1-2H3,(H,20,25). The lowest BCUT2D eigenvalue weighted by Gasteiger charge is -2.04. The Hall–Kier alpha value is -3.07. The largest absolute Gasteiger partial charge is 0.305 e. The summed E-state index contributed by atoms with van der Waals surface area (Å²) in [6.07, 6.45) is 1.75. The minimum atomic E-state index is -0.328. The molecular weight excluding hydrogens is 355 g/mol. The summed E-state index contributed by atoms with van der Waals surface area (Å²) in [7, 11) is 0. The minimum absolute atomic E-state index is 0.315. The lowest BCUT2D eigenvalue weighted by atomic mass is 10.3. The van der Waals surface area contributed by atoms with E-state index in [-0.39, 0.29) is 11.7 Å². The zero-order valence-corrected chi connectivity index (χ0v) is 14.9. The molecule has 1 N–H and O–H groups in total. The number of halogens is 1. The number of aryl methyl sites for hydroxylation is 2. The quantitative estimate of drug-likeness (QED) is 0.597. The van der Waals surface area contributed by atoms with E-state index in [4.69, 9.17) is 0 Å². The van der Waals surface area contributed by atoms with Crippen LogP contribution in [0.1, 0.15) is 23.1 Å². The molecule has 0 atom stereocenters. The molecule has 7 nitrogen and oxygen atoms in total. The molecule has 3 aromatic heterocycles. The van der Waals surface area contributed by atoms with Crippen LogP contribution in [-0.2, 0) is 6.54 Å². The fourth-order valence-electron chi connectivity index (χ4n) is 2.55. The first-order valence-corrected chi connectivity index (χ1v) is 8.83. The van der Waals surface area contributed by atoms with Gasteiger partial charge >= 0.3 is 0 Å². The number of fused-ring (bicyclic) bond motifs is 1. The third-order valence-corrected chi connectivity index (χ3v) is 4.78. The number of rotatable bonds is 4. The van der Waals surface area contributed by atoms with Crippen molar-refractivity contribution in [1.82, 2.24) is 24.5 Å². The summed E-state index contributed by atoms with van der Waals surface area (Å²) in [4.78, 5) is 16.9. The number of aromatic nitrogens is 5. The van der Waals surface area contributed by atoms with E-state index in [1.54, 1.807) is 33.8 Å². The predicted octanol–water partition coefficient (Wildman–Crippen LogP) is 3.40. The maximum Gasteiger partial charge on any atom is 0.277 e. The van der Waals surface area contributed by atoms with Crippen molar-refractivity contribution in [2.45, 2.75) is 20.4 Å². The number of carbonyl (C=O) groups is 1. The summed E-state index contributed by atoms with van der Waals surface area (Å²) in [5, 5.41) is 12.0. The maximum atomic E-state index is 13.4. The van der Waals surface area contributed by atoms with Gasteiger partial charge in [0, 0.05) is 18.8 Å². The molecule has 4 aromatic rings. The first kappa shape index (κ1) is 16.4. The van der Waals surface area contributed by atoms with Crippen LogP contribution in [0.15, 0.2) is 36.5 Å². The van der Waals surface area contributed by atoms with Crippen molar-refractivity contribution in [1.29, 1.82) is 0 Å². The molecule has 0 radical (unpaired) electrons. The van der Waals surface area contributed by atoms with Crippen LogP contribution in [0.25, 0.3) is 15.3 Å². The molecule has 0 fully saturated rings. The van der Waals surface area contributed by atoms with Gasteiger partial charge in [-0.15, -0.1) is 0 Å². The van der Waals surface area contributed by atoms with Crippen LogP contribution in [0.5, 0.6) is 0 Å². The first-order valence-electron chi connectivity index (χ1n) is 8.01. The Morgan fingerprint density at radius 2 is 2.12 bits per heavy atom. The van der Waals surface area contributed by atoms with Crippen LogP contribution in [0, 0.1) is 12.7 Å². The van der Waals surface area contributed by atoms with Gasteiger partial charge in [0.15, 0.2) is 5.69 Å². The van der Waals surface area contributed by atoms with E-state index in [9.17, 15) is 9.18 Å². The van der Waals surface area contributed by atoms with Crippen LogP contribution in [0.4, 0.5) is 10.2 Å². The van der Waals surface area contributed by atoms with Crippen LogP contribution in [-0.4, -0.2) is 30.5 Å². The van der Waals surface area contributed by atoms with Crippen LogP contribution in [0.3, 0.4) is 0 Å². The van der Waals surface area contributed by atoms with E-state index in [1.807, 2.05) is 13.8 Å². The van der Waals surface area contributed by atoms with Crippen molar-refractivity contribution in [3.05, 3.63) is 53.7 Å². The molecule has 0 saturated heterocycles. The van der Waals surface area contributed by atoms with E-state index in [1.165, 1.54) is 23.5 Å². The molecule has 1 aromatic carbocycles. The molecule has 9 heteroatoms. The SMILES string of the molecule is CCn1ccc(C(=O)Nc2cc(C)nn2-c2nc3ccc(F)cc3s2)n1. The Bertz CT molecular complexity index is 1110. The fourth-order valence-corrected chi connectivity index (χ4v) is 3.51. The number of nitrogens with one attached hydrogen (secondary N) is 1. The highest BCUT2D eigenvalue weighted by molar-refractivity contribution is 7.20. The molecule has 26 heavy (non-hydrogen) atoms. The Morgan fingerprint density at radius 3 is 2.88 bits per heavy atom. The zero-order chi connectivity index (χ0) is 18.3. The molecular formula is C17H15FN6OS. The van der Waals surface area contributed by atoms with E-state index < -0.39 is 0 Å². The Labute approximate surface area is 152 Å². The van der Waals surface area contributed by atoms with Gasteiger partial charge < -0.3 is 5.32 Å². The number of thiazole rings is 1. The summed E-state index contributed by atoms with van der Waals surface area (Å²) in [6, 6.07) is 7.83. The van der Waals surface area contributed by atoms with Gasteiger partial charge in [0.25, 0.3) is 5.91 Å². The Morgan fingerprint density at radius 1 is 1.27 bits per heavy atom. The minimum Gasteiger partial charge on any atom is -0.305 e. The molecule has 0 aliphatic rings. The van der Waals surface area contributed by atoms with Crippen LogP contribution >= 0.6 is 11.3 Å². The summed E-state index contributed by atoms with van der Waals surface area (Å²) >= 11 is 1.30. The summed E-state index contributed by atoms with van der Waals surface area (Å²) in [5.74, 6) is -0.159. The number of hydrogen-bond donors (Lipinski definition) is 1. The molecule has 4 rings (SSSR count). The van der Waals surface area contributed by atoms with E-state index in [2.05, 4.69) is 20.5 Å². The van der Waals surface area contributed by atoms with Crippen molar-refractivity contribution in [2.24, 2.45) is 0 Å². The van der Waals surface area contributed by atoms with E-state index >= 15 is 0 Å². The van der Waals surface area contributed by atoms with Crippen LogP contribution in [0.2, 0.25) is 0 Å². The topological polar surface area (TPSA) is 77.6 Å². The van der Waals surface area contributed by atoms with Gasteiger partial charge in [0.05, 0.1) is 15.9 Å². The molecule has 3 heterocycles. The molecule has 0 aliphatic carbocycles. The lowest BCUT2D eigenvalue weighted by molar-refractivity contribution is 0.102. The van der Waals surface area contributed by atoms with Gasteiger partial charge in [0.1, 0.15) is 11.6 Å². The summed E-state index contributed by atoms with van der Waals surface area (Å²) in [5.41, 5.74) is 1.73. The average molecular weight is 370 g/mol. The number of benzene rings is 1. The van der Waals surface area contributed by atoms with Gasteiger partial charge in [-0.05, 0) is 38.1 Å². The van der Waals surface area contributed by atoms with Gasteiger partial charge in [-0.25, -0.2) is 9.37 Å². The predicted molar refractivity (Wildman–Crippen MR) is 97.3 cm³/mol. The zero-order valence-electron chi connectivity index (χ0n) is 14.1. The molecule has 0 bridgehead atoms. The highest BCUT2D eigenvalue weighted by Gasteiger charge is 2.17. The van der Waals surface area contributed by atoms with Gasteiger partial charge in [-0.2, -0.15) is 14.9 Å². The monoisotopic (exact) mass is 370 g/mol. The van der Waals surface area contributed by atoms with Gasteiger partial charge in [-0.1, -0.05) is 11.3 Å². The van der Waals surface area contributed by atoms with Crippen molar-refractivity contribution in [3.8, 4) is 5.13 Å². The van der Waals surface area contributed by atoms with E-state index in [0.29, 0.717) is 33.4 Å². The maximum absolute atomic E-state index is 13.4. The number of amides is 1. The molecule has 0 aliphatic heterocycles. The highest BCUT2D eigenvalue weighted by atomic mass is 32.1. The number of carbonyl (C=O) groups excluding carboxylic acids is 1. The second-order valence-electron chi connectivity index (χ2n) is 5.70. The van der Waals surface area contributed by atoms with Crippen molar-refractivity contribution in [2.75, 3.05) is 5.32 Å². The van der Waals surface area contributed by atoms with Gasteiger partial charge in [0.2, 0.25) is 5.13 Å². The van der Waals surface area contributed by atoms with Crippen LogP contribution < -0.4 is 5.32 Å². The van der Waals surface area contributed by atoms with Crippen molar-refractivity contribution in [3.63, 3.8) is 0 Å². The normalized spacial score (nSPS) is 11.2. The number of anilines is 1. The smallest absolute Gasteiger partial charge is 0.277 e. The molecule has 0 spiro atoms. The molecule has 0 unspecified atom stereocenters. The molecule has 0 saturated carbocycles. The molecule has 132 valence electrons. The summed E-state index contributed by atoms with van der Waals surface area (Å²) < 4.78 is 17.4. The second kappa shape index (κ2) is 6.34. The third-order valence-electron chi connectivity index (χ3n) is 3.79. The van der Waals surface area contributed by atoms with E-state index in [0.717, 1.165) is 5.69 Å². The Balaban J connectivity index is 1.68. The molecule has 1 amide bonds. The number of hydrogen-bond acceptors (Lipinski definition) is 5. The average Bonchev–Trinajstić information content (AvgIpc) is 3.31. The number of nitrogens with zero attached hydrogens (tertiary/aromatic N) is 5. The first-order chi connectivity index (χ1) is 12.5.